The summed E-state index contributed by atoms with van der Waals surface area (Å²) < 4.78 is 5.19. The van der Waals surface area contributed by atoms with E-state index in [1.54, 1.807) is 7.11 Å². The summed E-state index contributed by atoms with van der Waals surface area (Å²) in [6, 6.07) is 6.37. The second kappa shape index (κ2) is 8.34. The van der Waals surface area contributed by atoms with Gasteiger partial charge in [0.05, 0.1) is 7.11 Å². The van der Waals surface area contributed by atoms with Gasteiger partial charge in [0.15, 0.2) is 0 Å². The van der Waals surface area contributed by atoms with Crippen molar-refractivity contribution >= 4 is 0 Å². The molecule has 1 rings (SSSR count). The fourth-order valence-electron chi connectivity index (χ4n) is 1.57. The maximum atomic E-state index is 5.19. The van der Waals surface area contributed by atoms with Crippen molar-refractivity contribution in [3.05, 3.63) is 29.3 Å². The van der Waals surface area contributed by atoms with Gasteiger partial charge in [-0.3, -0.25) is 0 Å². The maximum absolute atomic E-state index is 5.19. The average molecular weight is 208 g/mol. The molecule has 0 radical (unpaired) electrons. The Balaban J connectivity index is 0.000000921. The molecular formula is C14H24O. The van der Waals surface area contributed by atoms with E-state index < -0.39 is 0 Å². The fraction of sp³-hybridized carbons (Fsp3) is 0.571. The van der Waals surface area contributed by atoms with Crippen LogP contribution in [0.5, 0.6) is 5.75 Å². The third-order valence-electron chi connectivity index (χ3n) is 2.31. The molecule has 0 N–H and O–H groups in total. The van der Waals surface area contributed by atoms with Gasteiger partial charge in [0, 0.05) is 0 Å². The van der Waals surface area contributed by atoms with Gasteiger partial charge in [0.2, 0.25) is 0 Å². The number of methoxy groups -OCH3 is 1. The van der Waals surface area contributed by atoms with Crippen molar-refractivity contribution in [1.82, 2.24) is 0 Å². The Morgan fingerprint density at radius 2 is 1.73 bits per heavy atom. The molecule has 0 unspecified atom stereocenters. The lowest BCUT2D eigenvalue weighted by Crippen LogP contribution is -1.93. The average Bonchev–Trinajstić information content (AvgIpc) is 2.32. The van der Waals surface area contributed by atoms with Crippen LogP contribution in [-0.4, -0.2) is 7.11 Å². The first-order chi connectivity index (χ1) is 7.31. The molecule has 1 heteroatoms. The molecule has 0 atom stereocenters. The molecule has 1 aromatic rings. The van der Waals surface area contributed by atoms with Crippen molar-refractivity contribution in [3.8, 4) is 5.75 Å². The Morgan fingerprint density at radius 3 is 2.20 bits per heavy atom. The minimum absolute atomic E-state index is 0.969. The number of aryl methyl sites for hydroxylation is 2. The molecule has 0 aromatic heterocycles. The quantitative estimate of drug-likeness (QED) is 0.719. The predicted molar refractivity (Wildman–Crippen MR) is 67.7 cm³/mol. The number of hydrogen-bond donors (Lipinski definition) is 0. The van der Waals surface area contributed by atoms with Crippen molar-refractivity contribution in [2.24, 2.45) is 0 Å². The first-order valence-corrected chi connectivity index (χ1v) is 5.97. The van der Waals surface area contributed by atoms with Gasteiger partial charge in [-0.15, -0.1) is 0 Å². The van der Waals surface area contributed by atoms with Crippen molar-refractivity contribution in [1.29, 1.82) is 0 Å². The Hall–Kier alpha value is -0.980. The van der Waals surface area contributed by atoms with Crippen molar-refractivity contribution < 1.29 is 4.74 Å². The van der Waals surface area contributed by atoms with E-state index in [1.807, 2.05) is 19.9 Å². The van der Waals surface area contributed by atoms with Crippen molar-refractivity contribution in [2.45, 2.75) is 47.0 Å². The van der Waals surface area contributed by atoms with Gasteiger partial charge in [0.25, 0.3) is 0 Å². The highest BCUT2D eigenvalue weighted by Crippen LogP contribution is 2.19. The third-order valence-corrected chi connectivity index (χ3v) is 2.31. The van der Waals surface area contributed by atoms with Crippen LogP contribution in [0.3, 0.4) is 0 Å². The predicted octanol–water partition coefficient (Wildman–Crippen LogP) is 4.24. The van der Waals surface area contributed by atoms with Gasteiger partial charge in [-0.25, -0.2) is 0 Å². The monoisotopic (exact) mass is 208 g/mol. The molecule has 0 bridgehead atoms. The molecule has 15 heavy (non-hydrogen) atoms. The summed E-state index contributed by atoms with van der Waals surface area (Å²) in [7, 11) is 1.72. The van der Waals surface area contributed by atoms with Gasteiger partial charge >= 0.3 is 0 Å². The lowest BCUT2D eigenvalue weighted by atomic mass is 10.0. The number of rotatable bonds is 4. The normalized spacial score (nSPS) is 9.13. The van der Waals surface area contributed by atoms with Crippen LogP contribution in [0.15, 0.2) is 18.2 Å². The molecule has 0 fully saturated rings. The molecule has 86 valence electrons. The lowest BCUT2D eigenvalue weighted by molar-refractivity contribution is 0.414. The van der Waals surface area contributed by atoms with E-state index in [-0.39, 0.29) is 0 Å². The molecule has 1 aromatic carbocycles. The Kier molecular flexibility index (Phi) is 7.79. The molecule has 0 spiro atoms. The van der Waals surface area contributed by atoms with E-state index in [0.29, 0.717) is 0 Å². The molecule has 0 saturated heterocycles. The second-order valence-electron chi connectivity index (χ2n) is 3.24. The Bertz CT molecular complexity index is 266. The lowest BCUT2D eigenvalue weighted by Gasteiger charge is -2.08. The summed E-state index contributed by atoms with van der Waals surface area (Å²) >= 11 is 0. The molecule has 0 aliphatic rings. The van der Waals surface area contributed by atoms with Crippen molar-refractivity contribution in [2.75, 3.05) is 7.11 Å². The molecule has 0 aliphatic heterocycles. The standard InChI is InChI=1S/C12H18O.C2H6/c1-4-6-11-7-8-12(13-3)9-10(11)5-2;1-2/h7-9H,4-6H2,1-3H3;1-2H3. The van der Waals surface area contributed by atoms with E-state index in [0.717, 1.165) is 12.2 Å². The molecule has 0 saturated carbocycles. The molecule has 0 heterocycles. The number of hydrogen-bond acceptors (Lipinski definition) is 1. The van der Waals surface area contributed by atoms with Crippen LogP contribution in [0.4, 0.5) is 0 Å². The van der Waals surface area contributed by atoms with Crippen molar-refractivity contribution in [3.63, 3.8) is 0 Å². The third kappa shape index (κ3) is 4.37. The minimum Gasteiger partial charge on any atom is -0.497 e. The molecule has 1 nitrogen and oxygen atoms in total. The highest BCUT2D eigenvalue weighted by atomic mass is 16.5. The summed E-state index contributed by atoms with van der Waals surface area (Å²) in [5.41, 5.74) is 2.88. The summed E-state index contributed by atoms with van der Waals surface area (Å²) in [4.78, 5) is 0. The van der Waals surface area contributed by atoms with Crippen LogP contribution in [0.1, 0.15) is 45.2 Å². The highest BCUT2D eigenvalue weighted by molar-refractivity contribution is 5.35. The zero-order chi connectivity index (χ0) is 11.7. The first-order valence-electron chi connectivity index (χ1n) is 5.97. The zero-order valence-electron chi connectivity index (χ0n) is 10.8. The summed E-state index contributed by atoms with van der Waals surface area (Å²) in [6.07, 6.45) is 3.47. The molecule has 0 amide bonds. The SMILES string of the molecule is CC.CCCc1ccc(OC)cc1CC. The maximum Gasteiger partial charge on any atom is 0.119 e. The van der Waals surface area contributed by atoms with Crippen LogP contribution >= 0.6 is 0 Å². The smallest absolute Gasteiger partial charge is 0.119 e. The Labute approximate surface area is 94.5 Å². The van der Waals surface area contributed by atoms with E-state index in [9.17, 15) is 0 Å². The topological polar surface area (TPSA) is 9.23 Å². The Morgan fingerprint density at radius 1 is 1.07 bits per heavy atom. The molecular weight excluding hydrogens is 184 g/mol. The highest BCUT2D eigenvalue weighted by Gasteiger charge is 2.01. The van der Waals surface area contributed by atoms with Gasteiger partial charge < -0.3 is 4.74 Å². The van der Waals surface area contributed by atoms with E-state index >= 15 is 0 Å². The van der Waals surface area contributed by atoms with E-state index in [1.165, 1.54) is 24.0 Å². The summed E-state index contributed by atoms with van der Waals surface area (Å²) in [5.74, 6) is 0.969. The number of benzene rings is 1. The van der Waals surface area contributed by atoms with Crippen LogP contribution in [0, 0.1) is 0 Å². The van der Waals surface area contributed by atoms with Gasteiger partial charge in [-0.05, 0) is 36.1 Å². The van der Waals surface area contributed by atoms with Crippen LogP contribution < -0.4 is 4.74 Å². The first kappa shape index (κ1) is 14.0. The summed E-state index contributed by atoms with van der Waals surface area (Å²) in [5, 5.41) is 0. The summed E-state index contributed by atoms with van der Waals surface area (Å²) in [6.45, 7) is 8.40. The second-order valence-corrected chi connectivity index (χ2v) is 3.24. The largest absolute Gasteiger partial charge is 0.497 e. The van der Waals surface area contributed by atoms with E-state index in [2.05, 4.69) is 26.0 Å². The zero-order valence-corrected chi connectivity index (χ0v) is 10.8. The van der Waals surface area contributed by atoms with E-state index in [4.69, 9.17) is 4.74 Å². The van der Waals surface area contributed by atoms with Crippen LogP contribution in [-0.2, 0) is 12.8 Å². The minimum atomic E-state index is 0.969. The number of ether oxygens (including phenoxy) is 1. The molecule has 0 aliphatic carbocycles. The van der Waals surface area contributed by atoms with Crippen LogP contribution in [0.25, 0.3) is 0 Å². The van der Waals surface area contributed by atoms with Gasteiger partial charge in [0.1, 0.15) is 5.75 Å². The fourth-order valence-corrected chi connectivity index (χ4v) is 1.57. The van der Waals surface area contributed by atoms with Gasteiger partial charge in [-0.2, -0.15) is 0 Å². The van der Waals surface area contributed by atoms with Crippen LogP contribution in [0.2, 0.25) is 0 Å². The van der Waals surface area contributed by atoms with Gasteiger partial charge in [-0.1, -0.05) is 40.2 Å².